The number of nitrogens with one attached hydrogen (secondary N) is 1. The van der Waals surface area contributed by atoms with E-state index in [4.69, 9.17) is 0 Å². The molecule has 0 radical (unpaired) electrons. The average molecular weight is 223 g/mol. The second-order valence-electron chi connectivity index (χ2n) is 3.48. The Balaban J connectivity index is 2.35. The molecular formula is C10H10FN3O2. The fraction of sp³-hybridized carbons (Fsp3) is 0.300. The molecule has 1 aliphatic rings. The van der Waals surface area contributed by atoms with Gasteiger partial charge in [-0.25, -0.2) is 9.37 Å². The van der Waals surface area contributed by atoms with Crippen LogP contribution < -0.4 is 5.32 Å². The van der Waals surface area contributed by atoms with Crippen LogP contribution >= 0.6 is 0 Å². The van der Waals surface area contributed by atoms with Crippen molar-refractivity contribution in [1.82, 2.24) is 10.3 Å². The summed E-state index contributed by atoms with van der Waals surface area (Å²) in [6.45, 7) is 1.40. The molecule has 0 aromatic carbocycles. The van der Waals surface area contributed by atoms with Crippen LogP contribution in [0.3, 0.4) is 0 Å². The van der Waals surface area contributed by atoms with Crippen molar-refractivity contribution in [2.75, 3.05) is 13.1 Å². The first kappa shape index (κ1) is 10.7. The average Bonchev–Trinajstić information content (AvgIpc) is 2.30. The number of hydrogen-bond donors (Lipinski definition) is 1. The second kappa shape index (κ2) is 4.36. The van der Waals surface area contributed by atoms with E-state index in [2.05, 4.69) is 10.3 Å². The lowest BCUT2D eigenvalue weighted by Gasteiger charge is -2.13. The standard InChI is InChI=1S/C10H10FN3O2/c11-9-4-8(14(15)16)6-13-10(9)7-2-1-3-12-5-7/h2,4,6,12H,1,3,5H2. The van der Waals surface area contributed by atoms with Crippen molar-refractivity contribution in [2.24, 2.45) is 0 Å². The van der Waals surface area contributed by atoms with E-state index < -0.39 is 10.7 Å². The summed E-state index contributed by atoms with van der Waals surface area (Å²) in [6.07, 6.45) is 3.79. The molecule has 1 aromatic rings. The summed E-state index contributed by atoms with van der Waals surface area (Å²) >= 11 is 0. The normalized spacial score (nSPS) is 15.7. The predicted octanol–water partition coefficient (Wildman–Crippen LogP) is 1.51. The second-order valence-corrected chi connectivity index (χ2v) is 3.48. The summed E-state index contributed by atoms with van der Waals surface area (Å²) in [5.74, 6) is -0.649. The fourth-order valence-electron chi connectivity index (χ4n) is 1.59. The van der Waals surface area contributed by atoms with E-state index in [0.717, 1.165) is 30.8 Å². The first-order valence-electron chi connectivity index (χ1n) is 4.88. The van der Waals surface area contributed by atoms with E-state index in [1.807, 2.05) is 6.08 Å². The third kappa shape index (κ3) is 2.06. The third-order valence-electron chi connectivity index (χ3n) is 2.37. The number of hydrogen-bond acceptors (Lipinski definition) is 4. The van der Waals surface area contributed by atoms with Crippen LogP contribution in [0.15, 0.2) is 18.3 Å². The first-order chi connectivity index (χ1) is 7.68. The maximum absolute atomic E-state index is 13.6. The zero-order chi connectivity index (χ0) is 11.5. The van der Waals surface area contributed by atoms with Crippen molar-refractivity contribution >= 4 is 11.3 Å². The summed E-state index contributed by atoms with van der Waals surface area (Å²) in [5.41, 5.74) is 0.613. The van der Waals surface area contributed by atoms with Gasteiger partial charge in [0.25, 0.3) is 5.69 Å². The van der Waals surface area contributed by atoms with Gasteiger partial charge in [-0.3, -0.25) is 10.1 Å². The van der Waals surface area contributed by atoms with Gasteiger partial charge in [0, 0.05) is 6.54 Å². The van der Waals surface area contributed by atoms with Gasteiger partial charge in [-0.2, -0.15) is 0 Å². The van der Waals surface area contributed by atoms with Crippen LogP contribution in [0.4, 0.5) is 10.1 Å². The van der Waals surface area contributed by atoms with Crippen LogP contribution in [0.2, 0.25) is 0 Å². The van der Waals surface area contributed by atoms with Gasteiger partial charge in [-0.15, -0.1) is 0 Å². The molecule has 2 heterocycles. The molecule has 0 atom stereocenters. The largest absolute Gasteiger partial charge is 0.312 e. The van der Waals surface area contributed by atoms with E-state index in [0.29, 0.717) is 6.54 Å². The summed E-state index contributed by atoms with van der Waals surface area (Å²) in [6, 6.07) is 0.901. The minimum Gasteiger partial charge on any atom is -0.312 e. The lowest BCUT2D eigenvalue weighted by atomic mass is 10.1. The Bertz CT molecular complexity index is 459. The topological polar surface area (TPSA) is 68.1 Å². The molecule has 0 fully saturated rings. The van der Waals surface area contributed by atoms with Crippen LogP contribution in [0.25, 0.3) is 5.57 Å². The Kier molecular flexibility index (Phi) is 2.91. The van der Waals surface area contributed by atoms with E-state index in [9.17, 15) is 14.5 Å². The summed E-state index contributed by atoms with van der Waals surface area (Å²) in [4.78, 5) is 13.6. The van der Waals surface area contributed by atoms with Gasteiger partial charge >= 0.3 is 0 Å². The Labute approximate surface area is 91.1 Å². The van der Waals surface area contributed by atoms with Crippen LogP contribution in [0.5, 0.6) is 0 Å². The molecule has 0 bridgehead atoms. The molecule has 1 N–H and O–H groups in total. The van der Waals surface area contributed by atoms with Gasteiger partial charge in [0.2, 0.25) is 0 Å². The van der Waals surface area contributed by atoms with Crippen molar-refractivity contribution in [2.45, 2.75) is 6.42 Å². The zero-order valence-electron chi connectivity index (χ0n) is 8.44. The molecule has 0 spiro atoms. The highest BCUT2D eigenvalue weighted by atomic mass is 19.1. The van der Waals surface area contributed by atoms with Gasteiger partial charge < -0.3 is 5.32 Å². The Morgan fingerprint density at radius 2 is 2.38 bits per heavy atom. The lowest BCUT2D eigenvalue weighted by Crippen LogP contribution is -2.22. The van der Waals surface area contributed by atoms with Crippen LogP contribution in [0.1, 0.15) is 12.1 Å². The van der Waals surface area contributed by atoms with E-state index in [1.165, 1.54) is 0 Å². The zero-order valence-corrected chi connectivity index (χ0v) is 8.44. The lowest BCUT2D eigenvalue weighted by molar-refractivity contribution is -0.385. The molecule has 2 rings (SSSR count). The highest BCUT2D eigenvalue weighted by molar-refractivity contribution is 5.65. The smallest absolute Gasteiger partial charge is 0.290 e. The summed E-state index contributed by atoms with van der Waals surface area (Å²) in [5, 5.41) is 13.5. The maximum Gasteiger partial charge on any atom is 0.290 e. The molecule has 0 saturated carbocycles. The number of nitrogens with zero attached hydrogens (tertiary/aromatic N) is 2. The molecular weight excluding hydrogens is 213 g/mol. The Hall–Kier alpha value is -1.82. The molecule has 6 heteroatoms. The number of pyridine rings is 1. The molecule has 0 amide bonds. The summed E-state index contributed by atoms with van der Waals surface area (Å²) < 4.78 is 13.6. The molecule has 1 aliphatic heterocycles. The van der Waals surface area contributed by atoms with E-state index >= 15 is 0 Å². The van der Waals surface area contributed by atoms with Crippen LogP contribution in [-0.2, 0) is 0 Å². The molecule has 1 aromatic heterocycles. The molecule has 84 valence electrons. The van der Waals surface area contributed by atoms with Crippen molar-refractivity contribution in [3.8, 4) is 0 Å². The van der Waals surface area contributed by atoms with Gasteiger partial charge in [-0.05, 0) is 18.5 Å². The number of aromatic nitrogens is 1. The minimum absolute atomic E-state index is 0.192. The number of rotatable bonds is 2. The van der Waals surface area contributed by atoms with Gasteiger partial charge in [-0.1, -0.05) is 6.08 Å². The molecule has 0 aliphatic carbocycles. The molecule has 5 nitrogen and oxygen atoms in total. The van der Waals surface area contributed by atoms with Gasteiger partial charge in [0.05, 0.1) is 11.0 Å². The van der Waals surface area contributed by atoms with Gasteiger partial charge in [0.15, 0.2) is 5.82 Å². The fourth-order valence-corrected chi connectivity index (χ4v) is 1.59. The Morgan fingerprint density at radius 3 is 2.94 bits per heavy atom. The number of nitro groups is 1. The van der Waals surface area contributed by atoms with Crippen LogP contribution in [-0.4, -0.2) is 23.0 Å². The molecule has 0 saturated heterocycles. The van der Waals surface area contributed by atoms with Crippen molar-refractivity contribution in [3.63, 3.8) is 0 Å². The molecule has 16 heavy (non-hydrogen) atoms. The highest BCUT2D eigenvalue weighted by Gasteiger charge is 2.16. The predicted molar refractivity (Wildman–Crippen MR) is 56.3 cm³/mol. The van der Waals surface area contributed by atoms with Crippen molar-refractivity contribution in [3.05, 3.63) is 40.0 Å². The van der Waals surface area contributed by atoms with Crippen molar-refractivity contribution < 1.29 is 9.31 Å². The summed E-state index contributed by atoms with van der Waals surface area (Å²) in [7, 11) is 0. The molecule has 0 unspecified atom stereocenters. The van der Waals surface area contributed by atoms with E-state index in [-0.39, 0.29) is 11.4 Å². The highest BCUT2D eigenvalue weighted by Crippen LogP contribution is 2.21. The number of halogens is 1. The quantitative estimate of drug-likeness (QED) is 0.609. The monoisotopic (exact) mass is 223 g/mol. The SMILES string of the molecule is O=[N+]([O-])c1cnc(C2=CCCNC2)c(F)c1. The first-order valence-corrected chi connectivity index (χ1v) is 4.88. The van der Waals surface area contributed by atoms with Gasteiger partial charge in [0.1, 0.15) is 11.9 Å². The maximum atomic E-state index is 13.6. The minimum atomic E-state index is -0.659. The van der Waals surface area contributed by atoms with E-state index in [1.54, 1.807) is 0 Å². The third-order valence-corrected chi connectivity index (χ3v) is 2.37. The Morgan fingerprint density at radius 1 is 1.56 bits per heavy atom. The van der Waals surface area contributed by atoms with Crippen LogP contribution in [0, 0.1) is 15.9 Å². The van der Waals surface area contributed by atoms with Crippen molar-refractivity contribution in [1.29, 1.82) is 0 Å².